The van der Waals surface area contributed by atoms with E-state index in [1.165, 1.54) is 41.7 Å². The van der Waals surface area contributed by atoms with Crippen LogP contribution in [0.3, 0.4) is 0 Å². The topological polar surface area (TPSA) is 75.7 Å². The lowest BCUT2D eigenvalue weighted by Crippen LogP contribution is -2.31. The summed E-state index contributed by atoms with van der Waals surface area (Å²) in [5, 5.41) is 2.79. The Labute approximate surface area is 165 Å². The largest absolute Gasteiger partial charge is 0.495 e. The van der Waals surface area contributed by atoms with Gasteiger partial charge in [0.2, 0.25) is 10.0 Å². The fourth-order valence-corrected chi connectivity index (χ4v) is 4.48. The van der Waals surface area contributed by atoms with E-state index in [-0.39, 0.29) is 28.1 Å². The van der Waals surface area contributed by atoms with Crippen LogP contribution in [0.5, 0.6) is 5.75 Å². The molecular weight excluding hydrogens is 383 g/mol. The maximum atomic E-state index is 13.1. The maximum Gasteiger partial charge on any atom is 0.251 e. The van der Waals surface area contributed by atoms with E-state index >= 15 is 0 Å². The van der Waals surface area contributed by atoms with E-state index < -0.39 is 15.9 Å². The summed E-state index contributed by atoms with van der Waals surface area (Å²) in [4.78, 5) is 12.6. The van der Waals surface area contributed by atoms with Crippen molar-refractivity contribution in [3.63, 3.8) is 0 Å². The summed E-state index contributed by atoms with van der Waals surface area (Å²) >= 11 is 0. The first-order chi connectivity index (χ1) is 13.2. The molecule has 2 aromatic carbocycles. The van der Waals surface area contributed by atoms with Gasteiger partial charge in [-0.1, -0.05) is 26.0 Å². The Hall–Kier alpha value is -2.45. The van der Waals surface area contributed by atoms with Crippen molar-refractivity contribution < 1.29 is 22.3 Å². The number of hydrogen-bond acceptors (Lipinski definition) is 4. The fourth-order valence-electron chi connectivity index (χ4n) is 2.84. The van der Waals surface area contributed by atoms with Crippen LogP contribution in [0, 0.1) is 5.82 Å². The highest BCUT2D eigenvalue weighted by atomic mass is 32.2. The van der Waals surface area contributed by atoms with Crippen molar-refractivity contribution >= 4 is 15.9 Å². The molecule has 1 amide bonds. The number of carbonyl (C=O) groups excluding carboxylic acids is 1. The third kappa shape index (κ3) is 4.69. The van der Waals surface area contributed by atoms with Crippen molar-refractivity contribution in [1.82, 2.24) is 9.62 Å². The van der Waals surface area contributed by atoms with Gasteiger partial charge in [-0.15, -0.1) is 0 Å². The Morgan fingerprint density at radius 2 is 1.75 bits per heavy atom. The summed E-state index contributed by atoms with van der Waals surface area (Å²) in [6.07, 6.45) is 0. The predicted molar refractivity (Wildman–Crippen MR) is 105 cm³/mol. The Morgan fingerprint density at radius 3 is 2.29 bits per heavy atom. The molecule has 0 spiro atoms. The molecule has 1 N–H and O–H groups in total. The van der Waals surface area contributed by atoms with Crippen LogP contribution in [-0.2, 0) is 10.0 Å². The van der Waals surface area contributed by atoms with Crippen LogP contribution in [-0.4, -0.2) is 38.8 Å². The quantitative estimate of drug-likeness (QED) is 0.727. The van der Waals surface area contributed by atoms with Crippen LogP contribution in [0.15, 0.2) is 47.4 Å². The number of halogens is 1. The first-order valence-electron chi connectivity index (χ1n) is 8.99. The Morgan fingerprint density at radius 1 is 1.14 bits per heavy atom. The third-order valence-corrected chi connectivity index (χ3v) is 6.54. The van der Waals surface area contributed by atoms with Gasteiger partial charge in [-0.05, 0) is 42.8 Å². The van der Waals surface area contributed by atoms with Crippen LogP contribution in [0.2, 0.25) is 0 Å². The molecule has 0 heterocycles. The lowest BCUT2D eigenvalue weighted by Gasteiger charge is -2.21. The summed E-state index contributed by atoms with van der Waals surface area (Å²) < 4.78 is 45.4. The molecule has 0 bridgehead atoms. The molecule has 6 nitrogen and oxygen atoms in total. The van der Waals surface area contributed by atoms with Crippen molar-refractivity contribution in [2.24, 2.45) is 0 Å². The second-order valence-corrected chi connectivity index (χ2v) is 8.11. The average Bonchev–Trinajstić information content (AvgIpc) is 2.68. The lowest BCUT2D eigenvalue weighted by molar-refractivity contribution is 0.0939. The van der Waals surface area contributed by atoms with E-state index in [1.807, 2.05) is 0 Å². The molecule has 0 saturated heterocycles. The lowest BCUT2D eigenvalue weighted by atomic mass is 10.1. The Kier molecular flexibility index (Phi) is 7.15. The number of methoxy groups -OCH3 is 1. The van der Waals surface area contributed by atoms with Crippen LogP contribution in [0.1, 0.15) is 42.7 Å². The van der Waals surface area contributed by atoms with Gasteiger partial charge in [0.1, 0.15) is 16.5 Å². The van der Waals surface area contributed by atoms with Gasteiger partial charge in [0.25, 0.3) is 5.91 Å². The number of amides is 1. The molecule has 8 heteroatoms. The number of sulfonamides is 1. The number of ether oxygens (including phenoxy) is 1. The minimum absolute atomic E-state index is 0.0548. The van der Waals surface area contributed by atoms with Gasteiger partial charge in [-0.2, -0.15) is 4.31 Å². The number of benzene rings is 2. The molecule has 0 radical (unpaired) electrons. The monoisotopic (exact) mass is 408 g/mol. The molecule has 0 saturated carbocycles. The molecule has 0 fully saturated rings. The molecule has 0 aliphatic heterocycles. The van der Waals surface area contributed by atoms with E-state index in [9.17, 15) is 17.6 Å². The van der Waals surface area contributed by atoms with E-state index in [0.717, 1.165) is 5.56 Å². The summed E-state index contributed by atoms with van der Waals surface area (Å²) in [6.45, 7) is 5.87. The second kappa shape index (κ2) is 9.16. The summed E-state index contributed by atoms with van der Waals surface area (Å²) in [5.41, 5.74) is 0.930. The number of carbonyl (C=O) groups is 1. The standard InChI is InChI=1S/C20H25FN2O4S/c1-5-23(6-2)28(25,26)19-13-16(9-12-18(19)27-4)20(24)22-14(3)15-7-10-17(21)11-8-15/h7-14H,5-6H2,1-4H3,(H,22,24)/t14-/m1/s1. The van der Waals surface area contributed by atoms with E-state index in [1.54, 1.807) is 32.9 Å². The number of rotatable bonds is 8. The summed E-state index contributed by atoms with van der Waals surface area (Å²) in [7, 11) is -2.42. The predicted octanol–water partition coefficient (Wildman–Crippen LogP) is 3.36. The SMILES string of the molecule is CCN(CC)S(=O)(=O)c1cc(C(=O)N[C@H](C)c2ccc(F)cc2)ccc1OC. The normalized spacial score (nSPS) is 12.6. The van der Waals surface area contributed by atoms with Crippen molar-refractivity contribution in [3.8, 4) is 5.75 Å². The summed E-state index contributed by atoms with van der Waals surface area (Å²) in [6, 6.07) is 9.73. The van der Waals surface area contributed by atoms with Crippen LogP contribution in [0.4, 0.5) is 4.39 Å². The molecule has 1 atom stereocenters. The fraction of sp³-hybridized carbons (Fsp3) is 0.350. The minimum atomic E-state index is -3.80. The van der Waals surface area contributed by atoms with Crippen molar-refractivity contribution in [1.29, 1.82) is 0 Å². The molecule has 0 aliphatic carbocycles. The Balaban J connectivity index is 2.33. The highest BCUT2D eigenvalue weighted by Gasteiger charge is 2.27. The zero-order valence-electron chi connectivity index (χ0n) is 16.4. The Bertz CT molecular complexity index is 926. The summed E-state index contributed by atoms with van der Waals surface area (Å²) in [5.74, 6) is -0.616. The number of hydrogen-bond donors (Lipinski definition) is 1. The number of nitrogens with zero attached hydrogens (tertiary/aromatic N) is 1. The van der Waals surface area contributed by atoms with Gasteiger partial charge in [0.15, 0.2) is 0 Å². The van der Waals surface area contributed by atoms with Gasteiger partial charge in [-0.3, -0.25) is 4.79 Å². The van der Waals surface area contributed by atoms with Crippen molar-refractivity contribution in [2.45, 2.75) is 31.7 Å². The zero-order valence-corrected chi connectivity index (χ0v) is 17.2. The number of nitrogens with one attached hydrogen (secondary N) is 1. The molecule has 2 aromatic rings. The molecule has 0 aromatic heterocycles. The van der Waals surface area contributed by atoms with Gasteiger partial charge >= 0.3 is 0 Å². The van der Waals surface area contributed by atoms with Gasteiger partial charge < -0.3 is 10.1 Å². The molecule has 0 unspecified atom stereocenters. The van der Waals surface area contributed by atoms with Gasteiger partial charge in [0, 0.05) is 18.7 Å². The molecule has 2 rings (SSSR count). The van der Waals surface area contributed by atoms with E-state index in [2.05, 4.69) is 5.32 Å². The minimum Gasteiger partial charge on any atom is -0.495 e. The first kappa shape index (κ1) is 21.8. The molecular formula is C20H25FN2O4S. The van der Waals surface area contributed by atoms with Crippen LogP contribution >= 0.6 is 0 Å². The molecule has 0 aliphatic rings. The second-order valence-electron chi connectivity index (χ2n) is 6.20. The highest BCUT2D eigenvalue weighted by molar-refractivity contribution is 7.89. The van der Waals surface area contributed by atoms with Crippen LogP contribution < -0.4 is 10.1 Å². The van der Waals surface area contributed by atoms with Crippen molar-refractivity contribution in [2.75, 3.05) is 20.2 Å². The first-order valence-corrected chi connectivity index (χ1v) is 10.4. The van der Waals surface area contributed by atoms with Crippen LogP contribution in [0.25, 0.3) is 0 Å². The van der Waals surface area contributed by atoms with E-state index in [0.29, 0.717) is 13.1 Å². The smallest absolute Gasteiger partial charge is 0.251 e. The van der Waals surface area contributed by atoms with Crippen molar-refractivity contribution in [3.05, 3.63) is 59.4 Å². The highest BCUT2D eigenvalue weighted by Crippen LogP contribution is 2.28. The third-order valence-electron chi connectivity index (χ3n) is 4.47. The maximum absolute atomic E-state index is 13.1. The molecule has 28 heavy (non-hydrogen) atoms. The van der Waals surface area contributed by atoms with Gasteiger partial charge in [0.05, 0.1) is 13.2 Å². The average molecular weight is 408 g/mol. The molecule has 152 valence electrons. The van der Waals surface area contributed by atoms with E-state index in [4.69, 9.17) is 4.74 Å². The van der Waals surface area contributed by atoms with Gasteiger partial charge in [-0.25, -0.2) is 12.8 Å². The zero-order chi connectivity index (χ0) is 20.9.